The largest absolute Gasteiger partial charge is 0.481 e. The van der Waals surface area contributed by atoms with Gasteiger partial charge in [-0.25, -0.2) is 0 Å². The van der Waals surface area contributed by atoms with Crippen LogP contribution in [0.5, 0.6) is 0 Å². The van der Waals surface area contributed by atoms with E-state index in [1.165, 1.54) is 0 Å². The Balaban J connectivity index is 4.07. The molecule has 0 spiro atoms. The van der Waals surface area contributed by atoms with Crippen molar-refractivity contribution in [3.63, 3.8) is 0 Å². The van der Waals surface area contributed by atoms with E-state index in [1.807, 2.05) is 20.8 Å². The molecular formula is C12H24N2O3. The second-order valence-electron chi connectivity index (χ2n) is 4.81. The van der Waals surface area contributed by atoms with Crippen LogP contribution in [0.3, 0.4) is 0 Å². The molecule has 2 unspecified atom stereocenters. The zero-order chi connectivity index (χ0) is 13.4. The minimum Gasteiger partial charge on any atom is -0.481 e. The van der Waals surface area contributed by atoms with Gasteiger partial charge in [0.2, 0.25) is 5.91 Å². The predicted octanol–water partition coefficient (Wildman–Crippen LogP) is 0.977. The number of carbonyl (C=O) groups excluding carboxylic acids is 1. The summed E-state index contributed by atoms with van der Waals surface area (Å²) in [5.41, 5.74) is 5.69. The van der Waals surface area contributed by atoms with E-state index in [0.717, 1.165) is 6.42 Å². The Morgan fingerprint density at radius 1 is 1.35 bits per heavy atom. The molecule has 1 amide bonds. The summed E-state index contributed by atoms with van der Waals surface area (Å²) in [6.45, 7) is 6.06. The summed E-state index contributed by atoms with van der Waals surface area (Å²) in [4.78, 5) is 22.4. The topological polar surface area (TPSA) is 92.4 Å². The van der Waals surface area contributed by atoms with Crippen molar-refractivity contribution in [1.82, 2.24) is 5.32 Å². The van der Waals surface area contributed by atoms with Crippen molar-refractivity contribution in [2.24, 2.45) is 17.6 Å². The fourth-order valence-electron chi connectivity index (χ4n) is 1.63. The number of hydrogen-bond acceptors (Lipinski definition) is 3. The first-order valence-corrected chi connectivity index (χ1v) is 6.14. The molecule has 2 atom stereocenters. The molecule has 0 rings (SSSR count). The van der Waals surface area contributed by atoms with Crippen LogP contribution in [0, 0.1) is 11.8 Å². The van der Waals surface area contributed by atoms with Crippen molar-refractivity contribution in [2.75, 3.05) is 6.54 Å². The molecular weight excluding hydrogens is 220 g/mol. The van der Waals surface area contributed by atoms with Crippen molar-refractivity contribution in [3.05, 3.63) is 0 Å². The number of amides is 1. The van der Waals surface area contributed by atoms with Crippen molar-refractivity contribution < 1.29 is 14.7 Å². The van der Waals surface area contributed by atoms with Crippen LogP contribution in [0.25, 0.3) is 0 Å². The Kier molecular flexibility index (Phi) is 7.54. The average molecular weight is 244 g/mol. The number of nitrogens with two attached hydrogens (primary N) is 1. The zero-order valence-corrected chi connectivity index (χ0v) is 10.9. The normalized spacial score (nSPS) is 14.4. The SMILES string of the molecule is CCCC(CNC(=O)C(N)CC(C)C)C(=O)O. The lowest BCUT2D eigenvalue weighted by Gasteiger charge is -2.16. The fraction of sp³-hybridized carbons (Fsp3) is 0.833. The second kappa shape index (κ2) is 8.06. The minimum atomic E-state index is -0.871. The van der Waals surface area contributed by atoms with Gasteiger partial charge in [0.15, 0.2) is 0 Å². The zero-order valence-electron chi connectivity index (χ0n) is 10.9. The van der Waals surface area contributed by atoms with Crippen LogP contribution in [-0.4, -0.2) is 29.6 Å². The molecule has 0 aliphatic rings. The van der Waals surface area contributed by atoms with E-state index >= 15 is 0 Å². The van der Waals surface area contributed by atoms with E-state index in [4.69, 9.17) is 10.8 Å². The summed E-state index contributed by atoms with van der Waals surface area (Å²) in [6, 6.07) is -0.550. The molecule has 0 aliphatic heterocycles. The van der Waals surface area contributed by atoms with Gasteiger partial charge >= 0.3 is 5.97 Å². The maximum absolute atomic E-state index is 11.6. The third-order valence-electron chi connectivity index (χ3n) is 2.57. The average Bonchev–Trinajstić information content (AvgIpc) is 2.22. The van der Waals surface area contributed by atoms with Crippen LogP contribution < -0.4 is 11.1 Å². The molecule has 0 aromatic carbocycles. The van der Waals surface area contributed by atoms with Gasteiger partial charge in [0, 0.05) is 6.54 Å². The van der Waals surface area contributed by atoms with E-state index in [2.05, 4.69) is 5.32 Å². The number of aliphatic carboxylic acids is 1. The molecule has 0 aliphatic carbocycles. The second-order valence-corrected chi connectivity index (χ2v) is 4.81. The number of carboxylic acids is 1. The quantitative estimate of drug-likeness (QED) is 0.593. The van der Waals surface area contributed by atoms with Crippen molar-refractivity contribution >= 4 is 11.9 Å². The molecule has 0 bridgehead atoms. The molecule has 0 fully saturated rings. The summed E-state index contributed by atoms with van der Waals surface area (Å²) < 4.78 is 0. The summed E-state index contributed by atoms with van der Waals surface area (Å²) in [7, 11) is 0. The first-order valence-electron chi connectivity index (χ1n) is 6.14. The Morgan fingerprint density at radius 3 is 2.35 bits per heavy atom. The van der Waals surface area contributed by atoms with Gasteiger partial charge in [0.05, 0.1) is 12.0 Å². The first-order chi connectivity index (χ1) is 7.88. The smallest absolute Gasteiger partial charge is 0.308 e. The van der Waals surface area contributed by atoms with Crippen molar-refractivity contribution in [3.8, 4) is 0 Å². The van der Waals surface area contributed by atoms with E-state index in [1.54, 1.807) is 0 Å². The Hall–Kier alpha value is -1.10. The molecule has 5 heteroatoms. The van der Waals surface area contributed by atoms with Crippen LogP contribution in [0.1, 0.15) is 40.0 Å². The van der Waals surface area contributed by atoms with Crippen LogP contribution in [0.2, 0.25) is 0 Å². The van der Waals surface area contributed by atoms with Gasteiger partial charge in [-0.3, -0.25) is 9.59 Å². The highest BCUT2D eigenvalue weighted by atomic mass is 16.4. The number of hydrogen-bond donors (Lipinski definition) is 3. The van der Waals surface area contributed by atoms with Crippen molar-refractivity contribution in [1.29, 1.82) is 0 Å². The molecule has 5 nitrogen and oxygen atoms in total. The van der Waals surface area contributed by atoms with Crippen molar-refractivity contribution in [2.45, 2.75) is 46.1 Å². The van der Waals surface area contributed by atoms with E-state index < -0.39 is 17.9 Å². The van der Waals surface area contributed by atoms with E-state index in [0.29, 0.717) is 18.8 Å². The molecule has 0 radical (unpaired) electrons. The number of carboxylic acid groups (broad SMARTS) is 1. The summed E-state index contributed by atoms with van der Waals surface area (Å²) in [5, 5.41) is 11.5. The lowest BCUT2D eigenvalue weighted by Crippen LogP contribution is -2.44. The fourth-order valence-corrected chi connectivity index (χ4v) is 1.63. The van der Waals surface area contributed by atoms with Crippen LogP contribution >= 0.6 is 0 Å². The summed E-state index contributed by atoms with van der Waals surface area (Å²) in [6.07, 6.45) is 1.96. The summed E-state index contributed by atoms with van der Waals surface area (Å²) >= 11 is 0. The molecule has 0 saturated carbocycles. The maximum Gasteiger partial charge on any atom is 0.308 e. The van der Waals surface area contributed by atoms with Crippen LogP contribution in [-0.2, 0) is 9.59 Å². The van der Waals surface area contributed by atoms with Gasteiger partial charge in [0.1, 0.15) is 0 Å². The molecule has 4 N–H and O–H groups in total. The van der Waals surface area contributed by atoms with Gasteiger partial charge in [-0.05, 0) is 18.8 Å². The van der Waals surface area contributed by atoms with Gasteiger partial charge in [-0.1, -0.05) is 27.2 Å². The molecule has 0 aromatic rings. The molecule has 0 aromatic heterocycles. The minimum absolute atomic E-state index is 0.161. The Morgan fingerprint density at radius 2 is 1.94 bits per heavy atom. The first kappa shape index (κ1) is 15.9. The highest BCUT2D eigenvalue weighted by Gasteiger charge is 2.20. The Bertz CT molecular complexity index is 254. The van der Waals surface area contributed by atoms with Gasteiger partial charge < -0.3 is 16.2 Å². The lowest BCUT2D eigenvalue weighted by atomic mass is 10.0. The summed E-state index contributed by atoms with van der Waals surface area (Å²) in [5.74, 6) is -1.30. The Labute approximate surface area is 103 Å². The molecule has 100 valence electrons. The number of carbonyl (C=O) groups is 2. The molecule has 17 heavy (non-hydrogen) atoms. The van der Waals surface area contributed by atoms with Gasteiger partial charge in [-0.15, -0.1) is 0 Å². The highest BCUT2D eigenvalue weighted by molar-refractivity contribution is 5.82. The lowest BCUT2D eigenvalue weighted by molar-refractivity contribution is -0.142. The van der Waals surface area contributed by atoms with E-state index in [-0.39, 0.29) is 12.5 Å². The maximum atomic E-state index is 11.6. The standard InChI is InChI=1S/C12H24N2O3/c1-4-5-9(12(16)17)7-14-11(15)10(13)6-8(2)3/h8-10H,4-7,13H2,1-3H3,(H,14,15)(H,16,17). The highest BCUT2D eigenvalue weighted by Crippen LogP contribution is 2.06. The van der Waals surface area contributed by atoms with Crippen LogP contribution in [0.4, 0.5) is 0 Å². The van der Waals surface area contributed by atoms with E-state index in [9.17, 15) is 9.59 Å². The number of rotatable bonds is 8. The molecule has 0 saturated heterocycles. The third kappa shape index (κ3) is 6.94. The van der Waals surface area contributed by atoms with Gasteiger partial charge in [0.25, 0.3) is 0 Å². The van der Waals surface area contributed by atoms with Gasteiger partial charge in [-0.2, -0.15) is 0 Å². The number of nitrogens with one attached hydrogen (secondary N) is 1. The third-order valence-corrected chi connectivity index (χ3v) is 2.57. The van der Waals surface area contributed by atoms with Crippen LogP contribution in [0.15, 0.2) is 0 Å². The molecule has 0 heterocycles. The monoisotopic (exact) mass is 244 g/mol. The predicted molar refractivity (Wildman–Crippen MR) is 66.5 cm³/mol.